The molecule has 1 atom stereocenters. The molecule has 0 saturated carbocycles. The molecule has 0 heterocycles. The third kappa shape index (κ3) is 3.62. The second-order valence-corrected chi connectivity index (χ2v) is 5.48. The molecule has 0 fully saturated rings. The fourth-order valence-electron chi connectivity index (χ4n) is 2.33. The highest BCUT2D eigenvalue weighted by atomic mass is 16.4. The Balaban J connectivity index is 2.53. The van der Waals surface area contributed by atoms with Crippen molar-refractivity contribution >= 4 is 17.6 Å². The van der Waals surface area contributed by atoms with Gasteiger partial charge in [-0.2, -0.15) is 0 Å². The van der Waals surface area contributed by atoms with Gasteiger partial charge in [-0.25, -0.2) is 0 Å². The first-order valence-corrected chi connectivity index (χ1v) is 7.24. The second-order valence-electron chi connectivity index (χ2n) is 5.48. The van der Waals surface area contributed by atoms with Crippen LogP contribution in [0.3, 0.4) is 0 Å². The fourth-order valence-corrected chi connectivity index (χ4v) is 2.33. The van der Waals surface area contributed by atoms with E-state index in [4.69, 9.17) is 0 Å². The topological polar surface area (TPSA) is 43.4 Å². The van der Waals surface area contributed by atoms with Crippen LogP contribution in [0.1, 0.15) is 29.7 Å². The summed E-state index contributed by atoms with van der Waals surface area (Å²) < 4.78 is 0. The molecular formula is C19H20NO2-. The number of carbonyl (C=O) groups excluding carboxylic acids is 1. The van der Waals surface area contributed by atoms with Crippen molar-refractivity contribution < 1.29 is 9.90 Å². The standard InChI is InChI=1S/C19H21NO2/c1-14(20(2)3)17-12-8-7-11-16(17)13-18(19(21)22)15-9-5-4-6-10-15/h4-14H,1-3H3,(H,21,22)/p-1/b18-13+. The molecule has 3 nitrogen and oxygen atoms in total. The molecule has 0 aliphatic rings. The molecule has 0 spiro atoms. The van der Waals surface area contributed by atoms with Gasteiger partial charge in [-0.15, -0.1) is 0 Å². The number of aliphatic carboxylic acids is 1. The van der Waals surface area contributed by atoms with Crippen LogP contribution >= 0.6 is 0 Å². The van der Waals surface area contributed by atoms with Gasteiger partial charge in [0.15, 0.2) is 0 Å². The summed E-state index contributed by atoms with van der Waals surface area (Å²) >= 11 is 0. The molecule has 0 radical (unpaired) electrons. The van der Waals surface area contributed by atoms with Crippen LogP contribution in [0.2, 0.25) is 0 Å². The summed E-state index contributed by atoms with van der Waals surface area (Å²) in [5, 5.41) is 11.5. The third-order valence-electron chi connectivity index (χ3n) is 3.83. The highest BCUT2D eigenvalue weighted by molar-refractivity contribution is 6.19. The molecule has 22 heavy (non-hydrogen) atoms. The molecule has 0 amide bonds. The summed E-state index contributed by atoms with van der Waals surface area (Å²) in [6, 6.07) is 17.1. The molecule has 0 N–H and O–H groups in total. The summed E-state index contributed by atoms with van der Waals surface area (Å²) in [4.78, 5) is 13.6. The van der Waals surface area contributed by atoms with Crippen LogP contribution in [-0.2, 0) is 4.79 Å². The molecule has 2 aromatic carbocycles. The number of carbonyl (C=O) groups is 1. The number of rotatable bonds is 5. The van der Waals surface area contributed by atoms with Crippen LogP contribution in [0.5, 0.6) is 0 Å². The lowest BCUT2D eigenvalue weighted by atomic mass is 9.96. The van der Waals surface area contributed by atoms with E-state index in [2.05, 4.69) is 11.8 Å². The zero-order chi connectivity index (χ0) is 16.1. The van der Waals surface area contributed by atoms with Crippen LogP contribution in [0, 0.1) is 0 Å². The minimum absolute atomic E-state index is 0.186. The van der Waals surface area contributed by atoms with Crippen molar-refractivity contribution in [2.24, 2.45) is 0 Å². The lowest BCUT2D eigenvalue weighted by molar-refractivity contribution is -0.295. The van der Waals surface area contributed by atoms with Gasteiger partial charge in [0.25, 0.3) is 0 Å². The van der Waals surface area contributed by atoms with Crippen molar-refractivity contribution in [2.75, 3.05) is 14.1 Å². The van der Waals surface area contributed by atoms with Crippen molar-refractivity contribution in [3.63, 3.8) is 0 Å². The number of carboxylic acid groups (broad SMARTS) is 1. The molecule has 3 heteroatoms. The first-order valence-electron chi connectivity index (χ1n) is 7.24. The predicted octanol–water partition coefficient (Wildman–Crippen LogP) is 2.60. The molecule has 0 saturated heterocycles. The van der Waals surface area contributed by atoms with Gasteiger partial charge < -0.3 is 14.8 Å². The fraction of sp³-hybridized carbons (Fsp3) is 0.211. The summed E-state index contributed by atoms with van der Waals surface area (Å²) in [5.41, 5.74) is 2.82. The van der Waals surface area contributed by atoms with E-state index in [-0.39, 0.29) is 11.6 Å². The molecule has 0 aliphatic carbocycles. The van der Waals surface area contributed by atoms with Gasteiger partial charge in [0.05, 0.1) is 5.97 Å². The summed E-state index contributed by atoms with van der Waals surface area (Å²) in [7, 11) is 4.00. The molecule has 1 unspecified atom stereocenters. The number of hydrogen-bond acceptors (Lipinski definition) is 3. The van der Waals surface area contributed by atoms with Crippen molar-refractivity contribution in [1.29, 1.82) is 0 Å². The Labute approximate surface area is 131 Å². The number of nitrogens with zero attached hydrogens (tertiary/aromatic N) is 1. The highest BCUT2D eigenvalue weighted by Crippen LogP contribution is 2.25. The van der Waals surface area contributed by atoms with Crippen molar-refractivity contribution in [2.45, 2.75) is 13.0 Å². The van der Waals surface area contributed by atoms with Crippen LogP contribution in [-0.4, -0.2) is 25.0 Å². The minimum atomic E-state index is -1.17. The van der Waals surface area contributed by atoms with E-state index in [1.165, 1.54) is 0 Å². The maximum absolute atomic E-state index is 11.5. The van der Waals surface area contributed by atoms with Crippen molar-refractivity contribution in [3.05, 3.63) is 71.3 Å². The average Bonchev–Trinajstić information content (AvgIpc) is 2.52. The number of hydrogen-bond donors (Lipinski definition) is 0. The zero-order valence-electron chi connectivity index (χ0n) is 13.1. The SMILES string of the molecule is CC(c1ccccc1/C=C(/C(=O)[O-])c1ccccc1)N(C)C. The monoisotopic (exact) mass is 294 g/mol. The van der Waals surface area contributed by atoms with Gasteiger partial charge in [0.1, 0.15) is 0 Å². The molecule has 2 rings (SSSR count). The predicted molar refractivity (Wildman–Crippen MR) is 87.9 cm³/mol. The quantitative estimate of drug-likeness (QED) is 0.629. The molecular weight excluding hydrogens is 274 g/mol. The van der Waals surface area contributed by atoms with Gasteiger partial charge in [0, 0.05) is 11.6 Å². The van der Waals surface area contributed by atoms with E-state index < -0.39 is 5.97 Å². The van der Waals surface area contributed by atoms with Crippen molar-refractivity contribution in [1.82, 2.24) is 4.90 Å². The third-order valence-corrected chi connectivity index (χ3v) is 3.83. The van der Waals surface area contributed by atoms with Crippen LogP contribution in [0.4, 0.5) is 0 Å². The Morgan fingerprint density at radius 3 is 2.23 bits per heavy atom. The molecule has 0 aliphatic heterocycles. The van der Waals surface area contributed by atoms with E-state index in [0.717, 1.165) is 11.1 Å². The van der Waals surface area contributed by atoms with Crippen LogP contribution < -0.4 is 5.11 Å². The Morgan fingerprint density at radius 2 is 1.64 bits per heavy atom. The van der Waals surface area contributed by atoms with Gasteiger partial charge in [0.2, 0.25) is 0 Å². The maximum Gasteiger partial charge on any atom is 0.0721 e. The second kappa shape index (κ2) is 7.05. The van der Waals surface area contributed by atoms with E-state index in [1.54, 1.807) is 18.2 Å². The van der Waals surface area contributed by atoms with Gasteiger partial charge in [-0.1, -0.05) is 54.6 Å². The van der Waals surface area contributed by atoms with Crippen LogP contribution in [0.15, 0.2) is 54.6 Å². The average molecular weight is 294 g/mol. The normalized spacial score (nSPS) is 13.2. The van der Waals surface area contributed by atoms with E-state index in [0.29, 0.717) is 5.56 Å². The first kappa shape index (κ1) is 16.0. The minimum Gasteiger partial charge on any atom is -0.545 e. The smallest absolute Gasteiger partial charge is 0.0721 e. The van der Waals surface area contributed by atoms with Gasteiger partial charge >= 0.3 is 0 Å². The molecule has 0 bridgehead atoms. The maximum atomic E-state index is 11.5. The van der Waals surface area contributed by atoms with Crippen molar-refractivity contribution in [3.8, 4) is 0 Å². The van der Waals surface area contributed by atoms with E-state index in [9.17, 15) is 9.90 Å². The molecule has 2 aromatic rings. The Kier molecular flexibility index (Phi) is 5.12. The van der Waals surface area contributed by atoms with Crippen LogP contribution in [0.25, 0.3) is 11.6 Å². The number of carboxylic acids is 1. The highest BCUT2D eigenvalue weighted by Gasteiger charge is 2.12. The Bertz CT molecular complexity index is 675. The van der Waals surface area contributed by atoms with E-state index >= 15 is 0 Å². The lowest BCUT2D eigenvalue weighted by Gasteiger charge is -2.22. The summed E-state index contributed by atoms with van der Waals surface area (Å²) in [6.07, 6.45) is 1.69. The van der Waals surface area contributed by atoms with Gasteiger partial charge in [-0.05, 0) is 43.8 Å². The largest absolute Gasteiger partial charge is 0.545 e. The van der Waals surface area contributed by atoms with E-state index in [1.807, 2.05) is 56.6 Å². The molecule has 114 valence electrons. The van der Waals surface area contributed by atoms with Gasteiger partial charge in [-0.3, -0.25) is 0 Å². The number of benzene rings is 2. The first-order chi connectivity index (χ1) is 10.5. The summed E-state index contributed by atoms with van der Waals surface area (Å²) in [6.45, 7) is 2.09. The Hall–Kier alpha value is -2.39. The Morgan fingerprint density at radius 1 is 1.05 bits per heavy atom. The zero-order valence-corrected chi connectivity index (χ0v) is 13.1. The lowest BCUT2D eigenvalue weighted by Crippen LogP contribution is -2.23. The summed E-state index contributed by atoms with van der Waals surface area (Å²) in [5.74, 6) is -1.17. The molecule has 0 aromatic heterocycles.